The molecule has 1 aromatic carbocycles. The van der Waals surface area contributed by atoms with E-state index < -0.39 is 0 Å². The predicted octanol–water partition coefficient (Wildman–Crippen LogP) is 4.28. The number of likely N-dealkylation sites (tertiary alicyclic amines) is 1. The van der Waals surface area contributed by atoms with Crippen LogP contribution in [0.4, 0.5) is 0 Å². The summed E-state index contributed by atoms with van der Waals surface area (Å²) in [4.78, 5) is 8.41. The van der Waals surface area contributed by atoms with Gasteiger partial charge in [-0.1, -0.05) is 48.1 Å². The summed E-state index contributed by atoms with van der Waals surface area (Å²) in [6, 6.07) is 7.82. The van der Waals surface area contributed by atoms with Crippen molar-refractivity contribution < 1.29 is 5.11 Å². The molecule has 2 atom stereocenters. The fraction of sp³-hybridized carbons (Fsp3) is 0.444. The number of aromatic hydroxyl groups is 1. The summed E-state index contributed by atoms with van der Waals surface area (Å²) in [6.07, 6.45) is 2.40. The van der Waals surface area contributed by atoms with Gasteiger partial charge in [0, 0.05) is 11.6 Å². The van der Waals surface area contributed by atoms with Gasteiger partial charge >= 0.3 is 0 Å². The molecule has 1 N–H and O–H groups in total. The van der Waals surface area contributed by atoms with Gasteiger partial charge in [-0.2, -0.15) is 4.52 Å². The van der Waals surface area contributed by atoms with E-state index in [-0.39, 0.29) is 11.9 Å². The molecule has 0 radical (unpaired) electrons. The van der Waals surface area contributed by atoms with Crippen LogP contribution in [-0.2, 0) is 0 Å². The number of benzene rings is 1. The zero-order valence-corrected chi connectivity index (χ0v) is 15.9. The topological polar surface area (TPSA) is 53.7 Å². The van der Waals surface area contributed by atoms with Crippen molar-refractivity contribution in [3.8, 4) is 5.88 Å². The highest BCUT2D eigenvalue weighted by molar-refractivity contribution is 7.17. The predicted molar refractivity (Wildman–Crippen MR) is 101 cm³/mol. The second-order valence-corrected chi connectivity index (χ2v) is 8.23. The molecule has 25 heavy (non-hydrogen) atoms. The molecule has 0 amide bonds. The molecule has 5 nitrogen and oxygen atoms in total. The molecule has 1 saturated heterocycles. The largest absolute Gasteiger partial charge is 0.492 e. The third-order valence-electron chi connectivity index (χ3n) is 4.81. The lowest BCUT2D eigenvalue weighted by Gasteiger charge is -2.37. The fourth-order valence-corrected chi connectivity index (χ4v) is 5.08. The monoisotopic (exact) mass is 376 g/mol. The average molecular weight is 377 g/mol. The van der Waals surface area contributed by atoms with Crippen LogP contribution in [0.2, 0.25) is 5.02 Å². The van der Waals surface area contributed by atoms with Crippen molar-refractivity contribution in [2.75, 3.05) is 13.1 Å². The van der Waals surface area contributed by atoms with Crippen molar-refractivity contribution >= 4 is 27.9 Å². The van der Waals surface area contributed by atoms with Crippen LogP contribution in [-0.4, -0.2) is 37.7 Å². The van der Waals surface area contributed by atoms with Gasteiger partial charge in [0.15, 0.2) is 0 Å². The number of aromatic nitrogens is 3. The maximum atomic E-state index is 10.8. The molecule has 0 spiro atoms. The Kier molecular flexibility index (Phi) is 4.43. The van der Waals surface area contributed by atoms with Gasteiger partial charge in [-0.15, -0.1) is 5.10 Å². The number of nitrogens with zero attached hydrogens (tertiary/aromatic N) is 4. The van der Waals surface area contributed by atoms with E-state index in [0.717, 1.165) is 35.0 Å². The van der Waals surface area contributed by atoms with Gasteiger partial charge < -0.3 is 5.11 Å². The molecular formula is C18H21ClN4OS. The first-order valence-electron chi connectivity index (χ1n) is 8.58. The average Bonchev–Trinajstić information content (AvgIpc) is 3.08. The zero-order valence-electron chi connectivity index (χ0n) is 14.3. The summed E-state index contributed by atoms with van der Waals surface area (Å²) in [5.41, 5.74) is 1.02. The number of thiazole rings is 1. The van der Waals surface area contributed by atoms with Crippen molar-refractivity contribution in [3.63, 3.8) is 0 Å². The number of aryl methyl sites for hydroxylation is 1. The molecule has 0 bridgehead atoms. The first-order chi connectivity index (χ1) is 12.0. The first-order valence-corrected chi connectivity index (χ1v) is 9.77. The summed E-state index contributed by atoms with van der Waals surface area (Å²) in [7, 11) is 0. The Morgan fingerprint density at radius 1 is 1.36 bits per heavy atom. The lowest BCUT2D eigenvalue weighted by atomic mass is 9.95. The maximum Gasteiger partial charge on any atom is 0.230 e. The van der Waals surface area contributed by atoms with E-state index in [2.05, 4.69) is 21.9 Å². The van der Waals surface area contributed by atoms with Crippen molar-refractivity contribution in [2.24, 2.45) is 5.92 Å². The van der Waals surface area contributed by atoms with Crippen LogP contribution in [0.15, 0.2) is 24.3 Å². The van der Waals surface area contributed by atoms with Crippen LogP contribution in [0.25, 0.3) is 4.96 Å². The van der Waals surface area contributed by atoms with E-state index in [1.54, 1.807) is 0 Å². The molecule has 3 aromatic rings. The number of rotatable bonds is 3. The summed E-state index contributed by atoms with van der Waals surface area (Å²) < 4.78 is 1.53. The standard InChI is InChI=1S/C18H21ClN4OS/c1-11-6-5-9-22(10-11)15(13-7-3-4-8-14(13)19)16-17(24)23-18(25-16)20-12(2)21-23/h3-4,7-8,11,15,24H,5-6,9-10H2,1-2H3/t11-,15-/m0/s1. The summed E-state index contributed by atoms with van der Waals surface area (Å²) >= 11 is 8.02. The molecular weight excluding hydrogens is 356 g/mol. The molecule has 0 saturated carbocycles. The fourth-order valence-electron chi connectivity index (χ4n) is 3.69. The van der Waals surface area contributed by atoms with Gasteiger partial charge in [0.25, 0.3) is 0 Å². The summed E-state index contributed by atoms with van der Waals surface area (Å²) in [5, 5.41) is 15.9. The Balaban J connectivity index is 1.85. The second-order valence-electron chi connectivity index (χ2n) is 6.81. The lowest BCUT2D eigenvalue weighted by molar-refractivity contribution is 0.149. The Bertz CT molecular complexity index is 906. The Morgan fingerprint density at radius 3 is 2.88 bits per heavy atom. The second kappa shape index (κ2) is 6.59. The zero-order chi connectivity index (χ0) is 17.6. The smallest absolute Gasteiger partial charge is 0.230 e. The quantitative estimate of drug-likeness (QED) is 0.741. The van der Waals surface area contributed by atoms with Gasteiger partial charge in [0.1, 0.15) is 5.82 Å². The molecule has 0 aliphatic carbocycles. The van der Waals surface area contributed by atoms with Crippen LogP contribution < -0.4 is 0 Å². The highest BCUT2D eigenvalue weighted by Crippen LogP contribution is 2.43. The van der Waals surface area contributed by atoms with E-state index in [0.29, 0.717) is 16.7 Å². The number of hydrogen-bond donors (Lipinski definition) is 1. The molecule has 2 aromatic heterocycles. The van der Waals surface area contributed by atoms with E-state index >= 15 is 0 Å². The van der Waals surface area contributed by atoms with Gasteiger partial charge in [0.05, 0.1) is 10.9 Å². The number of fused-ring (bicyclic) bond motifs is 1. The Morgan fingerprint density at radius 2 is 2.16 bits per heavy atom. The third-order valence-corrected chi connectivity index (χ3v) is 6.22. The molecule has 3 heterocycles. The number of piperidine rings is 1. The lowest BCUT2D eigenvalue weighted by Crippen LogP contribution is -2.37. The normalized spacial score (nSPS) is 20.2. The molecule has 7 heteroatoms. The van der Waals surface area contributed by atoms with Crippen LogP contribution in [0.3, 0.4) is 0 Å². The Labute approximate surface area is 155 Å². The van der Waals surface area contributed by atoms with Gasteiger partial charge in [-0.3, -0.25) is 4.90 Å². The van der Waals surface area contributed by atoms with E-state index in [4.69, 9.17) is 11.6 Å². The molecule has 0 unspecified atom stereocenters. The van der Waals surface area contributed by atoms with Crippen LogP contribution in [0.5, 0.6) is 5.88 Å². The van der Waals surface area contributed by atoms with Crippen LogP contribution in [0.1, 0.15) is 42.1 Å². The van der Waals surface area contributed by atoms with E-state index in [1.807, 2.05) is 31.2 Å². The molecule has 132 valence electrons. The van der Waals surface area contributed by atoms with Gasteiger partial charge in [-0.05, 0) is 43.9 Å². The summed E-state index contributed by atoms with van der Waals surface area (Å²) in [6.45, 7) is 6.09. The highest BCUT2D eigenvalue weighted by Gasteiger charge is 2.32. The van der Waals surface area contributed by atoms with E-state index in [1.165, 1.54) is 22.3 Å². The van der Waals surface area contributed by atoms with Crippen molar-refractivity contribution in [1.82, 2.24) is 19.5 Å². The van der Waals surface area contributed by atoms with Crippen molar-refractivity contribution in [3.05, 3.63) is 45.6 Å². The minimum absolute atomic E-state index is 0.0785. The summed E-state index contributed by atoms with van der Waals surface area (Å²) in [5.74, 6) is 1.46. The van der Waals surface area contributed by atoms with Crippen LogP contribution >= 0.6 is 22.9 Å². The first kappa shape index (κ1) is 16.8. The highest BCUT2D eigenvalue weighted by atomic mass is 35.5. The third kappa shape index (κ3) is 3.03. The minimum atomic E-state index is -0.0785. The van der Waals surface area contributed by atoms with E-state index in [9.17, 15) is 5.11 Å². The van der Waals surface area contributed by atoms with Crippen molar-refractivity contribution in [1.29, 1.82) is 0 Å². The molecule has 1 aliphatic heterocycles. The van der Waals surface area contributed by atoms with Gasteiger partial charge in [-0.25, -0.2) is 4.98 Å². The molecule has 1 aliphatic rings. The molecule has 4 rings (SSSR count). The minimum Gasteiger partial charge on any atom is -0.492 e. The molecule has 1 fully saturated rings. The Hall–Kier alpha value is -1.63. The number of halogens is 1. The number of hydrogen-bond acceptors (Lipinski definition) is 5. The SMILES string of the molecule is Cc1nc2sc([C@H](c3ccccc3Cl)N3CCC[C@H](C)C3)c(O)n2n1. The van der Waals surface area contributed by atoms with Crippen molar-refractivity contribution in [2.45, 2.75) is 32.7 Å². The van der Waals surface area contributed by atoms with Crippen LogP contribution in [0, 0.1) is 12.8 Å². The maximum absolute atomic E-state index is 10.8. The van der Waals surface area contributed by atoms with Gasteiger partial charge in [0.2, 0.25) is 10.8 Å².